The summed E-state index contributed by atoms with van der Waals surface area (Å²) in [4.78, 5) is 0. The third-order valence-corrected chi connectivity index (χ3v) is 3.53. The summed E-state index contributed by atoms with van der Waals surface area (Å²) in [7, 11) is 0. The van der Waals surface area contributed by atoms with E-state index in [2.05, 4.69) is 16.9 Å². The average Bonchev–Trinajstić information content (AvgIpc) is 2.67. The zero-order valence-electron chi connectivity index (χ0n) is 11.2. The molecule has 1 heterocycles. The first-order valence-electron chi connectivity index (χ1n) is 6.10. The van der Waals surface area contributed by atoms with Crippen LogP contribution in [0.2, 0.25) is 5.02 Å². The van der Waals surface area contributed by atoms with E-state index >= 15 is 0 Å². The number of nitrogens with zero attached hydrogens (tertiary/aromatic N) is 2. The van der Waals surface area contributed by atoms with Gasteiger partial charge >= 0.3 is 0 Å². The first-order chi connectivity index (χ1) is 9.52. The number of aryl methyl sites for hydroxylation is 1. The van der Waals surface area contributed by atoms with Crippen molar-refractivity contribution >= 4 is 11.6 Å². The standard InChI is InChI=1S/C15H14ClFN2O/c1-10-15(16)11(2)19(18-10)9-13-6-5-12(4-3-7-20)8-14(13)17/h5-6,8,20H,7,9H2,1-2H3. The third-order valence-electron chi connectivity index (χ3n) is 2.98. The molecule has 1 N–H and O–H groups in total. The zero-order chi connectivity index (χ0) is 14.7. The second kappa shape index (κ2) is 6.08. The molecule has 0 saturated carbocycles. The molecular formula is C15H14ClFN2O. The van der Waals surface area contributed by atoms with Crippen LogP contribution in [0.5, 0.6) is 0 Å². The van der Waals surface area contributed by atoms with Gasteiger partial charge in [-0.3, -0.25) is 4.68 Å². The lowest BCUT2D eigenvalue weighted by atomic mass is 10.1. The molecule has 0 fully saturated rings. The Kier molecular flexibility index (Phi) is 4.43. The maximum absolute atomic E-state index is 14.0. The lowest BCUT2D eigenvalue weighted by Gasteiger charge is -2.06. The van der Waals surface area contributed by atoms with Gasteiger partial charge in [-0.1, -0.05) is 29.5 Å². The molecule has 0 aliphatic heterocycles. The minimum Gasteiger partial charge on any atom is -0.384 e. The van der Waals surface area contributed by atoms with Crippen LogP contribution in [0.15, 0.2) is 18.2 Å². The fourth-order valence-corrected chi connectivity index (χ4v) is 2.02. The Balaban J connectivity index is 2.28. The van der Waals surface area contributed by atoms with Crippen LogP contribution in [0, 0.1) is 31.5 Å². The topological polar surface area (TPSA) is 38.0 Å². The van der Waals surface area contributed by atoms with Gasteiger partial charge in [0, 0.05) is 11.1 Å². The second-order valence-electron chi connectivity index (χ2n) is 4.41. The molecule has 0 amide bonds. The highest BCUT2D eigenvalue weighted by molar-refractivity contribution is 6.31. The predicted molar refractivity (Wildman–Crippen MR) is 76.2 cm³/mol. The van der Waals surface area contributed by atoms with Crippen molar-refractivity contribution in [2.75, 3.05) is 6.61 Å². The molecule has 5 heteroatoms. The Labute approximate surface area is 122 Å². The average molecular weight is 293 g/mol. The molecule has 0 saturated heterocycles. The van der Waals surface area contributed by atoms with E-state index in [-0.39, 0.29) is 12.4 Å². The van der Waals surface area contributed by atoms with Gasteiger partial charge in [0.2, 0.25) is 0 Å². The fraction of sp³-hybridized carbons (Fsp3) is 0.267. The van der Waals surface area contributed by atoms with Gasteiger partial charge in [-0.05, 0) is 26.0 Å². The number of hydrogen-bond acceptors (Lipinski definition) is 2. The Bertz CT molecular complexity index is 698. The monoisotopic (exact) mass is 292 g/mol. The molecule has 0 aliphatic carbocycles. The predicted octanol–water partition coefficient (Wildman–Crippen LogP) is 2.68. The first kappa shape index (κ1) is 14.6. The minimum atomic E-state index is -0.349. The van der Waals surface area contributed by atoms with Gasteiger partial charge in [0.15, 0.2) is 0 Å². The van der Waals surface area contributed by atoms with Gasteiger partial charge in [-0.15, -0.1) is 0 Å². The molecule has 0 unspecified atom stereocenters. The highest BCUT2D eigenvalue weighted by Crippen LogP contribution is 2.20. The minimum absolute atomic E-state index is 0.242. The van der Waals surface area contributed by atoms with Crippen LogP contribution in [0.25, 0.3) is 0 Å². The van der Waals surface area contributed by atoms with Gasteiger partial charge in [-0.25, -0.2) is 4.39 Å². The molecule has 0 radical (unpaired) electrons. The van der Waals surface area contributed by atoms with Crippen molar-refractivity contribution in [3.05, 3.63) is 51.6 Å². The van der Waals surface area contributed by atoms with E-state index in [1.165, 1.54) is 6.07 Å². The summed E-state index contributed by atoms with van der Waals surface area (Å²) < 4.78 is 15.7. The molecule has 20 heavy (non-hydrogen) atoms. The first-order valence-corrected chi connectivity index (χ1v) is 6.48. The molecule has 0 spiro atoms. The number of aliphatic hydroxyl groups excluding tert-OH is 1. The van der Waals surface area contributed by atoms with Gasteiger partial charge in [-0.2, -0.15) is 5.10 Å². The molecule has 104 valence electrons. The SMILES string of the molecule is Cc1nn(Cc2ccc(C#CCO)cc2F)c(C)c1Cl. The van der Waals surface area contributed by atoms with E-state index in [9.17, 15) is 4.39 Å². The van der Waals surface area contributed by atoms with Gasteiger partial charge in [0.1, 0.15) is 12.4 Å². The molecule has 0 bridgehead atoms. The lowest BCUT2D eigenvalue weighted by Crippen LogP contribution is -2.06. The zero-order valence-corrected chi connectivity index (χ0v) is 12.0. The van der Waals surface area contributed by atoms with E-state index in [4.69, 9.17) is 16.7 Å². The van der Waals surface area contributed by atoms with E-state index in [1.54, 1.807) is 16.8 Å². The van der Waals surface area contributed by atoms with Crippen molar-refractivity contribution in [2.45, 2.75) is 20.4 Å². The number of aromatic nitrogens is 2. The molecule has 1 aromatic carbocycles. The molecule has 2 aromatic rings. The maximum Gasteiger partial charge on any atom is 0.129 e. The van der Waals surface area contributed by atoms with Crippen LogP contribution in [0.3, 0.4) is 0 Å². The van der Waals surface area contributed by atoms with Crippen molar-refractivity contribution in [3.8, 4) is 11.8 Å². The highest BCUT2D eigenvalue weighted by Gasteiger charge is 2.11. The summed E-state index contributed by atoms with van der Waals surface area (Å²) in [5.41, 5.74) is 2.59. The largest absolute Gasteiger partial charge is 0.384 e. The van der Waals surface area contributed by atoms with Crippen LogP contribution in [0.4, 0.5) is 4.39 Å². The van der Waals surface area contributed by atoms with E-state index in [0.29, 0.717) is 22.7 Å². The number of hydrogen-bond donors (Lipinski definition) is 1. The van der Waals surface area contributed by atoms with E-state index in [0.717, 1.165) is 11.4 Å². The maximum atomic E-state index is 14.0. The molecular weight excluding hydrogens is 279 g/mol. The van der Waals surface area contributed by atoms with Crippen molar-refractivity contribution in [3.63, 3.8) is 0 Å². The Hall–Kier alpha value is -1.83. The van der Waals surface area contributed by atoms with Gasteiger partial charge < -0.3 is 5.11 Å². The van der Waals surface area contributed by atoms with Crippen LogP contribution >= 0.6 is 11.6 Å². The lowest BCUT2D eigenvalue weighted by molar-refractivity contribution is 0.350. The van der Waals surface area contributed by atoms with E-state index < -0.39 is 0 Å². The number of halogens is 2. The van der Waals surface area contributed by atoms with Crippen LogP contribution in [-0.4, -0.2) is 21.5 Å². The van der Waals surface area contributed by atoms with Crippen molar-refractivity contribution in [2.24, 2.45) is 0 Å². The third kappa shape index (κ3) is 3.01. The molecule has 3 nitrogen and oxygen atoms in total. The number of rotatable bonds is 2. The smallest absolute Gasteiger partial charge is 0.129 e. The Morgan fingerprint density at radius 2 is 2.15 bits per heavy atom. The van der Waals surface area contributed by atoms with Crippen LogP contribution < -0.4 is 0 Å². The summed E-state index contributed by atoms with van der Waals surface area (Å²) in [5.74, 6) is 4.80. The second-order valence-corrected chi connectivity index (χ2v) is 4.79. The molecule has 0 aliphatic rings. The molecule has 2 rings (SSSR count). The van der Waals surface area contributed by atoms with Crippen molar-refractivity contribution in [1.29, 1.82) is 0 Å². The fourth-order valence-electron chi connectivity index (χ4n) is 1.89. The quantitative estimate of drug-likeness (QED) is 0.864. The number of benzene rings is 1. The van der Waals surface area contributed by atoms with Gasteiger partial charge in [0.25, 0.3) is 0 Å². The van der Waals surface area contributed by atoms with Crippen molar-refractivity contribution < 1.29 is 9.50 Å². The van der Waals surface area contributed by atoms with Crippen LogP contribution in [-0.2, 0) is 6.54 Å². The summed E-state index contributed by atoms with van der Waals surface area (Å²) >= 11 is 6.07. The summed E-state index contributed by atoms with van der Waals surface area (Å²) in [6.45, 7) is 3.74. The molecule has 0 atom stereocenters. The number of aliphatic hydroxyl groups is 1. The van der Waals surface area contributed by atoms with Gasteiger partial charge in [0.05, 0.1) is 23.0 Å². The van der Waals surface area contributed by atoms with Crippen molar-refractivity contribution in [1.82, 2.24) is 9.78 Å². The summed E-state index contributed by atoms with van der Waals surface area (Å²) in [6, 6.07) is 4.74. The summed E-state index contributed by atoms with van der Waals surface area (Å²) in [6.07, 6.45) is 0. The molecule has 1 aromatic heterocycles. The highest BCUT2D eigenvalue weighted by atomic mass is 35.5. The van der Waals surface area contributed by atoms with Crippen LogP contribution in [0.1, 0.15) is 22.5 Å². The van der Waals surface area contributed by atoms with E-state index in [1.807, 2.05) is 13.8 Å². The Morgan fingerprint density at radius 1 is 1.40 bits per heavy atom. The Morgan fingerprint density at radius 3 is 2.70 bits per heavy atom. The normalized spacial score (nSPS) is 10.2. The summed E-state index contributed by atoms with van der Waals surface area (Å²) in [5, 5.41) is 13.5.